The Hall–Kier alpha value is -1.83. The molecular formula is C12H11NO. The molecule has 1 heterocycles. The van der Waals surface area contributed by atoms with E-state index in [0.717, 1.165) is 16.7 Å². The third-order valence-electron chi connectivity index (χ3n) is 2.12. The van der Waals surface area contributed by atoms with E-state index in [0.29, 0.717) is 5.75 Å². The van der Waals surface area contributed by atoms with Crippen LogP contribution < -0.4 is 0 Å². The Bertz CT molecular complexity index is 437. The van der Waals surface area contributed by atoms with Gasteiger partial charge in [-0.15, -0.1) is 0 Å². The average molecular weight is 185 g/mol. The minimum atomic E-state index is 0.295. The van der Waals surface area contributed by atoms with Crippen molar-refractivity contribution in [3.63, 3.8) is 0 Å². The Morgan fingerprint density at radius 2 is 2.07 bits per heavy atom. The highest BCUT2D eigenvalue weighted by Crippen LogP contribution is 2.28. The molecule has 0 unspecified atom stereocenters. The number of hydrogen-bond acceptors (Lipinski definition) is 2. The summed E-state index contributed by atoms with van der Waals surface area (Å²) in [6, 6.07) is 9.33. The Labute approximate surface area is 82.9 Å². The van der Waals surface area contributed by atoms with Crippen molar-refractivity contribution in [1.29, 1.82) is 0 Å². The summed E-state index contributed by atoms with van der Waals surface area (Å²) in [5.74, 6) is 0.295. The van der Waals surface area contributed by atoms with Gasteiger partial charge in [0.25, 0.3) is 0 Å². The maximum absolute atomic E-state index is 9.66. The molecule has 0 saturated carbocycles. The molecule has 1 aromatic heterocycles. The number of phenols is 1. The fraction of sp³-hybridized carbons (Fsp3) is 0.0833. The summed E-state index contributed by atoms with van der Waals surface area (Å²) in [7, 11) is 0. The lowest BCUT2D eigenvalue weighted by Crippen LogP contribution is -1.81. The first-order valence-electron chi connectivity index (χ1n) is 4.47. The lowest BCUT2D eigenvalue weighted by Gasteiger charge is -2.04. The highest BCUT2D eigenvalue weighted by Gasteiger charge is 2.03. The van der Waals surface area contributed by atoms with Crippen LogP contribution in [0.25, 0.3) is 11.1 Å². The summed E-state index contributed by atoms with van der Waals surface area (Å²) in [5.41, 5.74) is 2.90. The van der Waals surface area contributed by atoms with Crippen LogP contribution in [-0.4, -0.2) is 10.1 Å². The molecule has 2 rings (SSSR count). The van der Waals surface area contributed by atoms with Crippen LogP contribution >= 0.6 is 0 Å². The van der Waals surface area contributed by atoms with E-state index >= 15 is 0 Å². The summed E-state index contributed by atoms with van der Waals surface area (Å²) >= 11 is 0. The Morgan fingerprint density at radius 3 is 2.79 bits per heavy atom. The molecule has 0 atom stereocenters. The second kappa shape index (κ2) is 3.50. The number of hydrogen-bond donors (Lipinski definition) is 1. The van der Waals surface area contributed by atoms with Crippen LogP contribution in [0.5, 0.6) is 5.75 Å². The average Bonchev–Trinajstić information content (AvgIpc) is 2.23. The minimum Gasteiger partial charge on any atom is -0.507 e. The van der Waals surface area contributed by atoms with Gasteiger partial charge in [-0.3, -0.25) is 4.98 Å². The first-order chi connectivity index (χ1) is 6.77. The van der Waals surface area contributed by atoms with E-state index in [-0.39, 0.29) is 0 Å². The van der Waals surface area contributed by atoms with Gasteiger partial charge in [0, 0.05) is 23.5 Å². The van der Waals surface area contributed by atoms with Crippen molar-refractivity contribution in [3.8, 4) is 16.9 Å². The van der Waals surface area contributed by atoms with Gasteiger partial charge in [0.05, 0.1) is 0 Å². The molecule has 0 aliphatic heterocycles. The summed E-state index contributed by atoms with van der Waals surface area (Å²) in [4.78, 5) is 4.02. The van der Waals surface area contributed by atoms with Gasteiger partial charge in [-0.25, -0.2) is 0 Å². The summed E-state index contributed by atoms with van der Waals surface area (Å²) in [6.45, 7) is 2.00. The standard InChI is InChI=1S/C12H11NO/c1-9-4-5-12(14)11(7-9)10-3-2-6-13-8-10/h2-8,14H,1H3. The molecule has 0 bridgehead atoms. The van der Waals surface area contributed by atoms with Crippen LogP contribution in [0.3, 0.4) is 0 Å². The molecule has 2 heteroatoms. The van der Waals surface area contributed by atoms with E-state index in [1.54, 1.807) is 18.5 Å². The van der Waals surface area contributed by atoms with Crippen molar-refractivity contribution >= 4 is 0 Å². The van der Waals surface area contributed by atoms with Crippen LogP contribution in [0.1, 0.15) is 5.56 Å². The molecule has 0 radical (unpaired) electrons. The number of aromatic nitrogens is 1. The second-order valence-electron chi connectivity index (χ2n) is 3.26. The van der Waals surface area contributed by atoms with E-state index in [2.05, 4.69) is 4.98 Å². The van der Waals surface area contributed by atoms with E-state index in [1.165, 1.54) is 0 Å². The smallest absolute Gasteiger partial charge is 0.123 e. The molecular weight excluding hydrogens is 174 g/mol. The second-order valence-corrected chi connectivity index (χ2v) is 3.26. The van der Waals surface area contributed by atoms with Gasteiger partial charge >= 0.3 is 0 Å². The van der Waals surface area contributed by atoms with E-state index in [4.69, 9.17) is 0 Å². The summed E-state index contributed by atoms with van der Waals surface area (Å²) < 4.78 is 0. The summed E-state index contributed by atoms with van der Waals surface area (Å²) in [6.07, 6.45) is 3.46. The molecule has 0 amide bonds. The van der Waals surface area contributed by atoms with Gasteiger partial charge < -0.3 is 5.11 Å². The largest absolute Gasteiger partial charge is 0.507 e. The monoisotopic (exact) mass is 185 g/mol. The number of nitrogens with zero attached hydrogens (tertiary/aromatic N) is 1. The van der Waals surface area contributed by atoms with Crippen LogP contribution in [0.15, 0.2) is 42.7 Å². The Balaban J connectivity index is 2.57. The quantitative estimate of drug-likeness (QED) is 0.741. The minimum absolute atomic E-state index is 0.295. The SMILES string of the molecule is Cc1ccc(O)c(-c2cccnc2)c1. The third kappa shape index (κ3) is 1.59. The zero-order valence-corrected chi connectivity index (χ0v) is 7.94. The number of aryl methyl sites for hydroxylation is 1. The number of aromatic hydroxyl groups is 1. The van der Waals surface area contributed by atoms with Gasteiger partial charge in [-0.1, -0.05) is 17.7 Å². The highest BCUT2D eigenvalue weighted by atomic mass is 16.3. The lowest BCUT2D eigenvalue weighted by molar-refractivity contribution is 0.477. The summed E-state index contributed by atoms with van der Waals surface area (Å²) in [5, 5.41) is 9.66. The van der Waals surface area contributed by atoms with Crippen molar-refractivity contribution in [1.82, 2.24) is 4.98 Å². The fourth-order valence-corrected chi connectivity index (χ4v) is 1.40. The van der Waals surface area contributed by atoms with Crippen LogP contribution in [0.4, 0.5) is 0 Å². The first kappa shape index (κ1) is 8.75. The molecule has 0 spiro atoms. The molecule has 0 fully saturated rings. The molecule has 2 nitrogen and oxygen atoms in total. The zero-order chi connectivity index (χ0) is 9.97. The van der Waals surface area contributed by atoms with Gasteiger partial charge in [0.15, 0.2) is 0 Å². The number of phenolic OH excluding ortho intramolecular Hbond substituents is 1. The van der Waals surface area contributed by atoms with E-state index in [9.17, 15) is 5.11 Å². The van der Waals surface area contributed by atoms with Crippen molar-refractivity contribution in [3.05, 3.63) is 48.3 Å². The normalized spacial score (nSPS) is 10.1. The van der Waals surface area contributed by atoms with Gasteiger partial charge in [0.2, 0.25) is 0 Å². The maximum atomic E-state index is 9.66. The van der Waals surface area contributed by atoms with Crippen LogP contribution in [0.2, 0.25) is 0 Å². The van der Waals surface area contributed by atoms with Gasteiger partial charge in [0.1, 0.15) is 5.75 Å². The molecule has 1 aromatic carbocycles. The highest BCUT2D eigenvalue weighted by molar-refractivity contribution is 5.69. The lowest BCUT2D eigenvalue weighted by atomic mass is 10.0. The molecule has 14 heavy (non-hydrogen) atoms. The van der Waals surface area contributed by atoms with Gasteiger partial charge in [-0.05, 0) is 25.1 Å². The van der Waals surface area contributed by atoms with Crippen LogP contribution in [0, 0.1) is 6.92 Å². The molecule has 2 aromatic rings. The van der Waals surface area contributed by atoms with Gasteiger partial charge in [-0.2, -0.15) is 0 Å². The van der Waals surface area contributed by atoms with E-state index < -0.39 is 0 Å². The number of pyridine rings is 1. The topological polar surface area (TPSA) is 33.1 Å². The van der Waals surface area contributed by atoms with Crippen molar-refractivity contribution < 1.29 is 5.11 Å². The number of rotatable bonds is 1. The Morgan fingerprint density at radius 1 is 1.21 bits per heavy atom. The predicted molar refractivity (Wildman–Crippen MR) is 56.1 cm³/mol. The number of benzene rings is 1. The Kier molecular flexibility index (Phi) is 2.19. The van der Waals surface area contributed by atoms with Crippen molar-refractivity contribution in [2.45, 2.75) is 6.92 Å². The van der Waals surface area contributed by atoms with Crippen LogP contribution in [-0.2, 0) is 0 Å². The molecule has 0 aliphatic carbocycles. The third-order valence-corrected chi connectivity index (χ3v) is 2.12. The fourth-order valence-electron chi connectivity index (χ4n) is 1.40. The molecule has 1 N–H and O–H groups in total. The maximum Gasteiger partial charge on any atom is 0.123 e. The molecule has 70 valence electrons. The van der Waals surface area contributed by atoms with E-state index in [1.807, 2.05) is 31.2 Å². The zero-order valence-electron chi connectivity index (χ0n) is 7.94. The molecule has 0 saturated heterocycles. The predicted octanol–water partition coefficient (Wildman–Crippen LogP) is 2.76. The molecule has 0 aliphatic rings. The first-order valence-corrected chi connectivity index (χ1v) is 4.47. The van der Waals surface area contributed by atoms with Crippen molar-refractivity contribution in [2.24, 2.45) is 0 Å². The van der Waals surface area contributed by atoms with Crippen molar-refractivity contribution in [2.75, 3.05) is 0 Å².